The standard InChI is InChI=1S/C23H36N2O5S/c1-29-21-14-13-20(16-22(21)30-2)31(27,28)25-15-9-8-12-19(25)17-24-23(26)18-10-6-4-3-5-7-11-18/h13-14,16,18-19H,3-12,15,17H2,1-2H3,(H,24,26). The van der Waals surface area contributed by atoms with Crippen molar-refractivity contribution in [1.29, 1.82) is 0 Å². The van der Waals surface area contributed by atoms with Crippen molar-refractivity contribution < 1.29 is 22.7 Å². The number of methoxy groups -OCH3 is 2. The topological polar surface area (TPSA) is 84.9 Å². The molecule has 1 amide bonds. The number of amides is 1. The molecule has 1 heterocycles. The first-order valence-electron chi connectivity index (χ1n) is 11.5. The van der Waals surface area contributed by atoms with Gasteiger partial charge in [0.1, 0.15) is 0 Å². The van der Waals surface area contributed by atoms with Gasteiger partial charge in [-0.2, -0.15) is 4.31 Å². The summed E-state index contributed by atoms with van der Waals surface area (Å²) >= 11 is 0. The summed E-state index contributed by atoms with van der Waals surface area (Å²) < 4.78 is 38.9. The van der Waals surface area contributed by atoms with E-state index in [1.54, 1.807) is 16.4 Å². The lowest BCUT2D eigenvalue weighted by atomic mass is 9.90. The van der Waals surface area contributed by atoms with Gasteiger partial charge in [0.2, 0.25) is 15.9 Å². The van der Waals surface area contributed by atoms with Gasteiger partial charge in [0.15, 0.2) is 11.5 Å². The minimum atomic E-state index is -3.71. The Morgan fingerprint density at radius 2 is 1.61 bits per heavy atom. The molecule has 1 aliphatic heterocycles. The highest BCUT2D eigenvalue weighted by atomic mass is 32.2. The average molecular weight is 453 g/mol. The largest absolute Gasteiger partial charge is 0.493 e. The molecule has 1 saturated heterocycles. The second kappa shape index (κ2) is 11.2. The van der Waals surface area contributed by atoms with Crippen LogP contribution in [0.5, 0.6) is 11.5 Å². The van der Waals surface area contributed by atoms with Crippen molar-refractivity contribution in [3.63, 3.8) is 0 Å². The molecule has 1 aromatic rings. The van der Waals surface area contributed by atoms with Crippen LogP contribution in [0, 0.1) is 5.92 Å². The van der Waals surface area contributed by atoms with Crippen molar-refractivity contribution >= 4 is 15.9 Å². The third-order valence-electron chi connectivity index (χ3n) is 6.52. The lowest BCUT2D eigenvalue weighted by Crippen LogP contribution is -2.50. The highest BCUT2D eigenvalue weighted by Crippen LogP contribution is 2.32. The van der Waals surface area contributed by atoms with Crippen LogP contribution in [0.25, 0.3) is 0 Å². The summed E-state index contributed by atoms with van der Waals surface area (Å²) in [6, 6.07) is 4.44. The molecule has 1 aromatic carbocycles. The van der Waals surface area contributed by atoms with Crippen LogP contribution >= 0.6 is 0 Å². The van der Waals surface area contributed by atoms with E-state index in [1.165, 1.54) is 39.5 Å². The monoisotopic (exact) mass is 452 g/mol. The maximum absolute atomic E-state index is 13.4. The Hall–Kier alpha value is -1.80. The molecule has 2 fully saturated rings. The summed E-state index contributed by atoms with van der Waals surface area (Å²) in [6.07, 6.45) is 10.3. The number of hydrogen-bond donors (Lipinski definition) is 1. The summed E-state index contributed by atoms with van der Waals surface area (Å²) in [5, 5.41) is 3.07. The molecule has 1 aliphatic carbocycles. The zero-order chi connectivity index (χ0) is 22.3. The quantitative estimate of drug-likeness (QED) is 0.681. The van der Waals surface area contributed by atoms with Gasteiger partial charge in [-0.05, 0) is 37.8 Å². The lowest BCUT2D eigenvalue weighted by molar-refractivity contribution is -0.125. The molecule has 31 heavy (non-hydrogen) atoms. The number of carbonyl (C=O) groups excluding carboxylic acids is 1. The van der Waals surface area contributed by atoms with Crippen molar-refractivity contribution in [3.05, 3.63) is 18.2 Å². The number of benzene rings is 1. The first kappa shape index (κ1) is 23.9. The number of sulfonamides is 1. The Labute approximate surface area is 186 Å². The van der Waals surface area contributed by atoms with E-state index in [9.17, 15) is 13.2 Å². The molecule has 1 atom stereocenters. The summed E-state index contributed by atoms with van der Waals surface area (Å²) in [4.78, 5) is 13.0. The number of piperidine rings is 1. The molecule has 2 aliphatic rings. The SMILES string of the molecule is COc1ccc(S(=O)(=O)N2CCCCC2CNC(=O)C2CCCCCCC2)cc1OC. The molecule has 3 rings (SSSR count). The molecule has 1 N–H and O–H groups in total. The van der Waals surface area contributed by atoms with E-state index in [0.29, 0.717) is 24.6 Å². The number of nitrogens with one attached hydrogen (secondary N) is 1. The van der Waals surface area contributed by atoms with Gasteiger partial charge in [0.25, 0.3) is 0 Å². The maximum Gasteiger partial charge on any atom is 0.243 e. The molecule has 1 unspecified atom stereocenters. The molecule has 7 nitrogen and oxygen atoms in total. The number of nitrogens with zero attached hydrogens (tertiary/aromatic N) is 1. The maximum atomic E-state index is 13.4. The van der Waals surface area contributed by atoms with E-state index in [-0.39, 0.29) is 22.8 Å². The predicted octanol–water partition coefficient (Wildman–Crippen LogP) is 3.72. The van der Waals surface area contributed by atoms with Gasteiger partial charge in [-0.25, -0.2) is 8.42 Å². The van der Waals surface area contributed by atoms with Gasteiger partial charge in [0, 0.05) is 31.1 Å². The molecule has 0 bridgehead atoms. The number of ether oxygens (including phenoxy) is 2. The highest BCUT2D eigenvalue weighted by Gasteiger charge is 2.34. The first-order valence-corrected chi connectivity index (χ1v) is 12.9. The van der Waals surface area contributed by atoms with Crippen molar-refractivity contribution in [2.45, 2.75) is 75.1 Å². The van der Waals surface area contributed by atoms with Gasteiger partial charge >= 0.3 is 0 Å². The first-order chi connectivity index (χ1) is 15.0. The molecule has 8 heteroatoms. The fourth-order valence-corrected chi connectivity index (χ4v) is 6.40. The van der Waals surface area contributed by atoms with Crippen LogP contribution in [0.4, 0.5) is 0 Å². The Kier molecular flexibility index (Phi) is 8.60. The molecular weight excluding hydrogens is 416 g/mol. The average Bonchev–Trinajstić information content (AvgIpc) is 2.76. The minimum Gasteiger partial charge on any atom is -0.493 e. The van der Waals surface area contributed by atoms with Crippen LogP contribution < -0.4 is 14.8 Å². The number of carbonyl (C=O) groups is 1. The minimum absolute atomic E-state index is 0.0554. The van der Waals surface area contributed by atoms with Crippen LogP contribution in [0.2, 0.25) is 0 Å². The van der Waals surface area contributed by atoms with Crippen LogP contribution in [-0.2, 0) is 14.8 Å². The molecule has 0 aromatic heterocycles. The van der Waals surface area contributed by atoms with Crippen molar-refractivity contribution in [2.75, 3.05) is 27.3 Å². The Morgan fingerprint density at radius 1 is 0.968 bits per heavy atom. The fraction of sp³-hybridized carbons (Fsp3) is 0.696. The Balaban J connectivity index is 1.70. The van der Waals surface area contributed by atoms with Gasteiger partial charge in [-0.15, -0.1) is 0 Å². The zero-order valence-corrected chi connectivity index (χ0v) is 19.6. The predicted molar refractivity (Wildman–Crippen MR) is 120 cm³/mol. The summed E-state index contributed by atoms with van der Waals surface area (Å²) in [5.74, 6) is 1.01. The highest BCUT2D eigenvalue weighted by molar-refractivity contribution is 7.89. The molecule has 1 saturated carbocycles. The van der Waals surface area contributed by atoms with Crippen molar-refractivity contribution in [1.82, 2.24) is 9.62 Å². The van der Waals surface area contributed by atoms with Gasteiger partial charge < -0.3 is 14.8 Å². The van der Waals surface area contributed by atoms with Crippen LogP contribution in [-0.4, -0.2) is 52.0 Å². The van der Waals surface area contributed by atoms with E-state index in [4.69, 9.17) is 9.47 Å². The number of hydrogen-bond acceptors (Lipinski definition) is 5. The van der Waals surface area contributed by atoms with Crippen LogP contribution in [0.3, 0.4) is 0 Å². The fourth-order valence-electron chi connectivity index (χ4n) is 4.69. The number of rotatable bonds is 7. The van der Waals surface area contributed by atoms with Gasteiger partial charge in [-0.1, -0.05) is 38.5 Å². The van der Waals surface area contributed by atoms with Gasteiger partial charge in [0.05, 0.1) is 19.1 Å². The molecule has 0 radical (unpaired) electrons. The molecule has 0 spiro atoms. The third kappa shape index (κ3) is 5.92. The van der Waals surface area contributed by atoms with E-state index >= 15 is 0 Å². The summed E-state index contributed by atoms with van der Waals surface area (Å²) in [5.41, 5.74) is 0. The van der Waals surface area contributed by atoms with E-state index in [1.807, 2.05) is 0 Å². The van der Waals surface area contributed by atoms with Crippen LogP contribution in [0.15, 0.2) is 23.1 Å². The second-order valence-corrected chi connectivity index (χ2v) is 10.5. The molecular formula is C23H36N2O5S. The Morgan fingerprint density at radius 3 is 2.29 bits per heavy atom. The molecule has 174 valence electrons. The van der Waals surface area contributed by atoms with E-state index in [0.717, 1.165) is 44.9 Å². The van der Waals surface area contributed by atoms with Crippen molar-refractivity contribution in [3.8, 4) is 11.5 Å². The summed E-state index contributed by atoms with van der Waals surface area (Å²) in [7, 11) is -0.697. The van der Waals surface area contributed by atoms with Crippen LogP contribution in [0.1, 0.15) is 64.2 Å². The van der Waals surface area contributed by atoms with Crippen molar-refractivity contribution in [2.24, 2.45) is 5.92 Å². The third-order valence-corrected chi connectivity index (χ3v) is 8.47. The smallest absolute Gasteiger partial charge is 0.243 e. The van der Waals surface area contributed by atoms with Gasteiger partial charge in [-0.3, -0.25) is 4.79 Å². The van der Waals surface area contributed by atoms with E-state index in [2.05, 4.69) is 5.32 Å². The Bertz CT molecular complexity index is 834. The lowest BCUT2D eigenvalue weighted by Gasteiger charge is -2.35. The van der Waals surface area contributed by atoms with E-state index < -0.39 is 10.0 Å². The second-order valence-electron chi connectivity index (χ2n) is 8.57. The zero-order valence-electron chi connectivity index (χ0n) is 18.8. The normalized spacial score (nSPS) is 21.7. The summed E-state index contributed by atoms with van der Waals surface area (Å²) in [6.45, 7) is 0.822.